The summed E-state index contributed by atoms with van der Waals surface area (Å²) in [6.07, 6.45) is -3.82. The van der Waals surface area contributed by atoms with E-state index in [-0.39, 0.29) is 5.82 Å². The van der Waals surface area contributed by atoms with E-state index in [1.54, 1.807) is 12.1 Å². The average Bonchev–Trinajstić information content (AvgIpc) is 2.79. The number of hydrogen-bond acceptors (Lipinski definition) is 6. The Hall–Kier alpha value is -2.69. The van der Waals surface area contributed by atoms with Gasteiger partial charge in [0.15, 0.2) is 6.23 Å². The third-order valence-electron chi connectivity index (χ3n) is 5.81. The number of nitrogens with zero attached hydrogens (tertiary/aromatic N) is 2. The molecule has 2 aromatic rings. The van der Waals surface area contributed by atoms with Gasteiger partial charge < -0.3 is 20.3 Å². The van der Waals surface area contributed by atoms with Gasteiger partial charge >= 0.3 is 5.69 Å². The van der Waals surface area contributed by atoms with Crippen LogP contribution in [0.1, 0.15) is 61.3 Å². The van der Waals surface area contributed by atoms with E-state index in [9.17, 15) is 28.6 Å². The van der Waals surface area contributed by atoms with Gasteiger partial charge in [-0.1, -0.05) is 26.3 Å². The SMILES string of the molecule is CCC(C)CCc1cc(C(=O)Nc2ccn(C(OC(CO)C(C)O)C(F)F)c(=O)n2)ccc1C. The van der Waals surface area contributed by atoms with Gasteiger partial charge in [0.05, 0.1) is 12.7 Å². The number of benzene rings is 1. The number of ether oxygens (including phenoxy) is 1. The van der Waals surface area contributed by atoms with Crippen molar-refractivity contribution in [2.45, 2.75) is 71.8 Å². The van der Waals surface area contributed by atoms with Gasteiger partial charge in [-0.25, -0.2) is 13.6 Å². The molecule has 0 spiro atoms. The molecule has 0 radical (unpaired) electrons. The number of anilines is 1. The van der Waals surface area contributed by atoms with Crippen molar-refractivity contribution < 1.29 is 28.5 Å². The number of carbonyl (C=O) groups is 1. The fourth-order valence-electron chi connectivity index (χ4n) is 3.29. The molecule has 0 aliphatic carbocycles. The van der Waals surface area contributed by atoms with Crippen LogP contribution in [0, 0.1) is 12.8 Å². The van der Waals surface area contributed by atoms with E-state index in [1.165, 1.54) is 13.0 Å². The fraction of sp³-hybridized carbons (Fsp3) is 0.542. The molecule has 0 aliphatic heterocycles. The van der Waals surface area contributed by atoms with Crippen LogP contribution in [-0.4, -0.2) is 50.9 Å². The first-order valence-electron chi connectivity index (χ1n) is 11.3. The molecule has 1 aromatic carbocycles. The minimum absolute atomic E-state index is 0.102. The molecule has 4 unspecified atom stereocenters. The summed E-state index contributed by atoms with van der Waals surface area (Å²) in [4.78, 5) is 28.8. The number of hydrogen-bond donors (Lipinski definition) is 3. The summed E-state index contributed by atoms with van der Waals surface area (Å²) in [6.45, 7) is 6.85. The number of halogens is 2. The number of aromatic nitrogens is 2. The monoisotopic (exact) mass is 481 g/mol. The summed E-state index contributed by atoms with van der Waals surface area (Å²) in [7, 11) is 0. The lowest BCUT2D eigenvalue weighted by Crippen LogP contribution is -2.39. The molecule has 10 heteroatoms. The smallest absolute Gasteiger partial charge is 0.351 e. The minimum atomic E-state index is -3.13. The molecule has 1 heterocycles. The fourth-order valence-corrected chi connectivity index (χ4v) is 3.29. The molecule has 0 aliphatic rings. The molecular weight excluding hydrogens is 448 g/mol. The van der Waals surface area contributed by atoms with Crippen molar-refractivity contribution in [3.63, 3.8) is 0 Å². The minimum Gasteiger partial charge on any atom is -0.394 e. The van der Waals surface area contributed by atoms with Crippen LogP contribution in [0.5, 0.6) is 0 Å². The topological polar surface area (TPSA) is 114 Å². The van der Waals surface area contributed by atoms with Crippen molar-refractivity contribution in [3.05, 3.63) is 57.6 Å². The van der Waals surface area contributed by atoms with Crippen LogP contribution in [0.25, 0.3) is 0 Å². The van der Waals surface area contributed by atoms with E-state index in [1.807, 2.05) is 13.0 Å². The highest BCUT2D eigenvalue weighted by atomic mass is 19.3. The quantitative estimate of drug-likeness (QED) is 0.429. The maximum atomic E-state index is 13.5. The molecule has 188 valence electrons. The summed E-state index contributed by atoms with van der Waals surface area (Å²) < 4.78 is 32.6. The lowest BCUT2D eigenvalue weighted by atomic mass is 9.95. The highest BCUT2D eigenvalue weighted by Gasteiger charge is 2.30. The van der Waals surface area contributed by atoms with Gasteiger partial charge in [0, 0.05) is 11.8 Å². The van der Waals surface area contributed by atoms with E-state index in [0.29, 0.717) is 16.0 Å². The zero-order valence-electron chi connectivity index (χ0n) is 19.9. The molecular formula is C24H33F2N3O5. The molecule has 2 rings (SSSR count). The van der Waals surface area contributed by atoms with Crippen LogP contribution in [0.4, 0.5) is 14.6 Å². The van der Waals surface area contributed by atoms with Gasteiger partial charge in [0.25, 0.3) is 12.3 Å². The van der Waals surface area contributed by atoms with Crippen molar-refractivity contribution in [3.8, 4) is 0 Å². The van der Waals surface area contributed by atoms with E-state index >= 15 is 0 Å². The first-order chi connectivity index (χ1) is 16.1. The van der Waals surface area contributed by atoms with Crippen molar-refractivity contribution in [2.75, 3.05) is 11.9 Å². The number of rotatable bonds is 12. The predicted molar refractivity (Wildman–Crippen MR) is 124 cm³/mol. The zero-order chi connectivity index (χ0) is 25.4. The van der Waals surface area contributed by atoms with Crippen molar-refractivity contribution in [1.29, 1.82) is 0 Å². The lowest BCUT2D eigenvalue weighted by molar-refractivity contribution is -0.168. The Balaban J connectivity index is 2.18. The second kappa shape index (κ2) is 12.7. The van der Waals surface area contributed by atoms with Crippen molar-refractivity contribution in [2.24, 2.45) is 5.92 Å². The lowest BCUT2D eigenvalue weighted by Gasteiger charge is -2.26. The standard InChI is InChI=1S/C24H33F2N3O5/c1-5-14(2)6-8-17-12-18(9-7-15(17)3)22(32)27-20-10-11-29(24(33)28-20)23(21(25)26)34-19(13-30)16(4)31/h7,9-12,14,16,19,21,23,30-31H,5-6,8,13H2,1-4H3,(H,27,28,32,33). The van der Waals surface area contributed by atoms with Crippen molar-refractivity contribution in [1.82, 2.24) is 9.55 Å². The molecule has 8 nitrogen and oxygen atoms in total. The Morgan fingerprint density at radius 3 is 2.53 bits per heavy atom. The number of aliphatic hydroxyl groups is 2. The third-order valence-corrected chi connectivity index (χ3v) is 5.81. The van der Waals surface area contributed by atoms with Crippen molar-refractivity contribution >= 4 is 11.7 Å². The Kier molecular flexibility index (Phi) is 10.3. The summed E-state index contributed by atoms with van der Waals surface area (Å²) in [5.74, 6) is -0.0114. The van der Waals surface area contributed by atoms with Gasteiger partial charge in [-0.15, -0.1) is 0 Å². The number of carbonyl (C=O) groups excluding carboxylic acids is 1. The van der Waals surface area contributed by atoms with E-state index in [4.69, 9.17) is 4.74 Å². The summed E-state index contributed by atoms with van der Waals surface area (Å²) >= 11 is 0. The van der Waals surface area contributed by atoms with Gasteiger partial charge in [-0.05, 0) is 61.9 Å². The predicted octanol–water partition coefficient (Wildman–Crippen LogP) is 3.30. The highest BCUT2D eigenvalue weighted by Crippen LogP contribution is 2.21. The summed E-state index contributed by atoms with van der Waals surface area (Å²) in [5.41, 5.74) is 1.46. The summed E-state index contributed by atoms with van der Waals surface area (Å²) in [6, 6.07) is 6.54. The first kappa shape index (κ1) is 27.6. The van der Waals surface area contributed by atoms with Crippen LogP contribution in [-0.2, 0) is 11.2 Å². The van der Waals surface area contributed by atoms with Crippen LogP contribution in [0.3, 0.4) is 0 Å². The second-order valence-corrected chi connectivity index (χ2v) is 8.47. The molecule has 0 bridgehead atoms. The molecule has 34 heavy (non-hydrogen) atoms. The number of aryl methyl sites for hydroxylation is 2. The maximum absolute atomic E-state index is 13.5. The number of aliphatic hydroxyl groups excluding tert-OH is 2. The Morgan fingerprint density at radius 1 is 1.26 bits per heavy atom. The third kappa shape index (κ3) is 7.41. The van der Waals surface area contributed by atoms with Crippen LogP contribution in [0.2, 0.25) is 0 Å². The van der Waals surface area contributed by atoms with E-state index in [0.717, 1.165) is 36.6 Å². The Labute approximate surface area is 197 Å². The second-order valence-electron chi connectivity index (χ2n) is 8.47. The largest absolute Gasteiger partial charge is 0.394 e. The van der Waals surface area contributed by atoms with E-state index < -0.39 is 43.1 Å². The number of amides is 1. The van der Waals surface area contributed by atoms with E-state index in [2.05, 4.69) is 24.1 Å². The molecule has 1 amide bonds. The van der Waals surface area contributed by atoms with Crippen LogP contribution < -0.4 is 11.0 Å². The Morgan fingerprint density at radius 2 is 1.97 bits per heavy atom. The van der Waals surface area contributed by atoms with Gasteiger partial charge in [0.1, 0.15) is 11.9 Å². The number of alkyl halides is 2. The van der Waals surface area contributed by atoms with Crippen LogP contribution in [0.15, 0.2) is 35.3 Å². The average molecular weight is 482 g/mol. The molecule has 0 saturated heterocycles. The van der Waals surface area contributed by atoms with Gasteiger partial charge in [-0.3, -0.25) is 9.36 Å². The van der Waals surface area contributed by atoms with Gasteiger partial charge in [0.2, 0.25) is 0 Å². The summed E-state index contributed by atoms with van der Waals surface area (Å²) in [5, 5.41) is 21.3. The molecule has 0 fully saturated rings. The maximum Gasteiger partial charge on any atom is 0.351 e. The molecule has 1 aromatic heterocycles. The van der Waals surface area contributed by atoms with Crippen LogP contribution >= 0.6 is 0 Å². The molecule has 3 N–H and O–H groups in total. The normalized spacial score (nSPS) is 15.1. The molecule has 0 saturated carbocycles. The first-order valence-corrected chi connectivity index (χ1v) is 11.3. The number of nitrogens with one attached hydrogen (secondary N) is 1. The molecule has 4 atom stereocenters. The van der Waals surface area contributed by atoms with Gasteiger partial charge in [-0.2, -0.15) is 4.98 Å². The highest BCUT2D eigenvalue weighted by molar-refractivity contribution is 6.03. The Bertz CT molecular complexity index is 1010. The zero-order valence-corrected chi connectivity index (χ0v) is 19.9.